The highest BCUT2D eigenvalue weighted by atomic mass is 16.7. The molecule has 0 aliphatic carbocycles. The molecular formula is C25H28N4O5. The molecule has 9 nitrogen and oxygen atoms in total. The lowest BCUT2D eigenvalue weighted by Crippen LogP contribution is -2.12. The summed E-state index contributed by atoms with van der Waals surface area (Å²) in [6.45, 7) is 0.118. The second-order valence-corrected chi connectivity index (χ2v) is 7.41. The lowest BCUT2D eigenvalue weighted by Gasteiger charge is -2.11. The zero-order chi connectivity index (χ0) is 24.3. The molecule has 0 fully saturated rings. The van der Waals surface area contributed by atoms with Crippen LogP contribution in [0.4, 0.5) is 17.3 Å². The molecule has 1 heterocycles. The highest BCUT2D eigenvalue weighted by molar-refractivity contribution is 6.07. The molecule has 0 saturated carbocycles. The van der Waals surface area contributed by atoms with Crippen LogP contribution in [0.1, 0.15) is 15.9 Å². The largest absolute Gasteiger partial charge is 0.467 e. The third kappa shape index (κ3) is 7.29. The Hall–Kier alpha value is -3.95. The minimum atomic E-state index is -0.189. The van der Waals surface area contributed by atoms with Crippen molar-refractivity contribution in [3.8, 4) is 11.5 Å². The predicted octanol–water partition coefficient (Wildman–Crippen LogP) is 4.15. The number of methoxy groups -OCH3 is 2. The topological polar surface area (TPSA) is 95.0 Å². The normalized spacial score (nSPS) is 10.8. The van der Waals surface area contributed by atoms with E-state index in [-0.39, 0.29) is 19.4 Å². The first-order valence-electron chi connectivity index (χ1n) is 10.5. The van der Waals surface area contributed by atoms with Crippen molar-refractivity contribution in [1.82, 2.24) is 9.97 Å². The zero-order valence-electron chi connectivity index (χ0n) is 19.6. The third-order valence-corrected chi connectivity index (χ3v) is 4.52. The van der Waals surface area contributed by atoms with Crippen molar-refractivity contribution in [3.05, 3.63) is 72.1 Å². The summed E-state index contributed by atoms with van der Waals surface area (Å²) in [6, 6.07) is 12.6. The number of rotatable bonds is 12. The Morgan fingerprint density at radius 2 is 1.50 bits per heavy atom. The van der Waals surface area contributed by atoms with Crippen LogP contribution in [0, 0.1) is 0 Å². The van der Waals surface area contributed by atoms with E-state index in [9.17, 15) is 4.79 Å². The van der Waals surface area contributed by atoms with Gasteiger partial charge in [-0.15, -0.1) is 0 Å². The van der Waals surface area contributed by atoms with Crippen molar-refractivity contribution in [3.63, 3.8) is 0 Å². The molecule has 0 amide bonds. The van der Waals surface area contributed by atoms with Crippen LogP contribution in [0.15, 0.2) is 60.9 Å². The molecule has 1 N–H and O–H groups in total. The second kappa shape index (κ2) is 12.3. The molecule has 0 bridgehead atoms. The van der Waals surface area contributed by atoms with Gasteiger partial charge in [0.1, 0.15) is 11.5 Å². The summed E-state index contributed by atoms with van der Waals surface area (Å²) < 4.78 is 20.8. The highest BCUT2D eigenvalue weighted by Gasteiger charge is 2.09. The molecule has 0 saturated heterocycles. The maximum Gasteiger partial charge on any atom is 0.224 e. The van der Waals surface area contributed by atoms with Crippen LogP contribution in [-0.2, 0) is 9.47 Å². The summed E-state index contributed by atoms with van der Waals surface area (Å²) in [5.74, 6) is 1.38. The average molecular weight is 465 g/mol. The van der Waals surface area contributed by atoms with Crippen LogP contribution in [0.3, 0.4) is 0 Å². The van der Waals surface area contributed by atoms with Gasteiger partial charge in [0.25, 0.3) is 0 Å². The van der Waals surface area contributed by atoms with Crippen LogP contribution in [-0.4, -0.2) is 57.7 Å². The van der Waals surface area contributed by atoms with Crippen molar-refractivity contribution >= 4 is 29.2 Å². The van der Waals surface area contributed by atoms with Gasteiger partial charge in [0, 0.05) is 45.6 Å². The fourth-order valence-electron chi connectivity index (χ4n) is 2.86. The zero-order valence-corrected chi connectivity index (χ0v) is 19.6. The molecule has 3 rings (SSSR count). The van der Waals surface area contributed by atoms with Gasteiger partial charge in [0.2, 0.25) is 5.95 Å². The van der Waals surface area contributed by atoms with E-state index >= 15 is 0 Å². The molecule has 0 spiro atoms. The number of carbonyl (C=O) groups excluding carboxylic acids is 1. The quantitative estimate of drug-likeness (QED) is 0.241. The Bertz CT molecular complexity index is 1070. The Balaban J connectivity index is 1.66. The highest BCUT2D eigenvalue weighted by Crippen LogP contribution is 2.24. The van der Waals surface area contributed by atoms with E-state index in [0.29, 0.717) is 23.0 Å². The van der Waals surface area contributed by atoms with Crippen LogP contribution in [0.5, 0.6) is 11.5 Å². The van der Waals surface area contributed by atoms with E-state index in [1.807, 2.05) is 43.3 Å². The fourth-order valence-corrected chi connectivity index (χ4v) is 2.86. The van der Waals surface area contributed by atoms with Crippen LogP contribution >= 0.6 is 0 Å². The van der Waals surface area contributed by atoms with Crippen LogP contribution in [0.25, 0.3) is 6.08 Å². The Morgan fingerprint density at radius 3 is 2.03 bits per heavy atom. The molecule has 2 aromatic carbocycles. The molecule has 34 heavy (non-hydrogen) atoms. The lowest BCUT2D eigenvalue weighted by atomic mass is 10.1. The molecule has 0 aliphatic heterocycles. The van der Waals surface area contributed by atoms with E-state index in [4.69, 9.17) is 18.9 Å². The van der Waals surface area contributed by atoms with E-state index in [2.05, 4.69) is 15.3 Å². The number of aromatic nitrogens is 2. The number of nitrogens with one attached hydrogen (secondary N) is 1. The first-order chi connectivity index (χ1) is 16.5. The molecule has 0 aliphatic rings. The van der Waals surface area contributed by atoms with Gasteiger partial charge < -0.3 is 29.2 Å². The number of benzene rings is 2. The summed E-state index contributed by atoms with van der Waals surface area (Å²) in [5, 5.41) is 3.25. The van der Waals surface area contributed by atoms with Gasteiger partial charge in [0.15, 0.2) is 19.4 Å². The smallest absolute Gasteiger partial charge is 0.224 e. The number of nitrogens with zero attached hydrogens (tertiary/aromatic N) is 3. The summed E-state index contributed by atoms with van der Waals surface area (Å²) >= 11 is 0. The number of ether oxygens (including phenoxy) is 4. The van der Waals surface area contributed by atoms with Gasteiger partial charge in [0.05, 0.1) is 18.1 Å². The first-order valence-corrected chi connectivity index (χ1v) is 10.5. The predicted molar refractivity (Wildman–Crippen MR) is 131 cm³/mol. The Labute approximate surface area is 199 Å². The van der Waals surface area contributed by atoms with Gasteiger partial charge in [-0.1, -0.05) is 18.2 Å². The maximum absolute atomic E-state index is 12.8. The van der Waals surface area contributed by atoms with Gasteiger partial charge in [-0.25, -0.2) is 9.97 Å². The Kier molecular flexibility index (Phi) is 8.96. The standard InChI is InChI=1S/C25H28N4O5/c1-29(2)25-26-14-21(15-27-25)28-20-8-5-18(6-9-20)7-10-24(30)19-11-22(33-16-31-3)13-23(12-19)34-17-32-4/h5-15,28H,16-17H2,1-4H3/b10-7+. The second-order valence-electron chi connectivity index (χ2n) is 7.41. The monoisotopic (exact) mass is 464 g/mol. The van der Waals surface area contributed by atoms with Crippen molar-refractivity contribution < 1.29 is 23.7 Å². The fraction of sp³-hybridized carbons (Fsp3) is 0.240. The van der Waals surface area contributed by atoms with Crippen molar-refractivity contribution in [2.45, 2.75) is 0 Å². The summed E-state index contributed by atoms with van der Waals surface area (Å²) in [7, 11) is 6.82. The maximum atomic E-state index is 12.8. The summed E-state index contributed by atoms with van der Waals surface area (Å²) in [4.78, 5) is 23.2. The van der Waals surface area contributed by atoms with E-state index < -0.39 is 0 Å². The van der Waals surface area contributed by atoms with Crippen LogP contribution < -0.4 is 19.7 Å². The summed E-state index contributed by atoms with van der Waals surface area (Å²) in [6.07, 6.45) is 6.71. The van der Waals surface area contributed by atoms with E-state index in [1.54, 1.807) is 36.7 Å². The summed E-state index contributed by atoms with van der Waals surface area (Å²) in [5.41, 5.74) is 2.97. The lowest BCUT2D eigenvalue weighted by molar-refractivity contribution is 0.0459. The molecule has 0 atom stereocenters. The number of ketones is 1. The van der Waals surface area contributed by atoms with E-state index in [1.165, 1.54) is 20.3 Å². The molecular weight excluding hydrogens is 436 g/mol. The molecule has 0 radical (unpaired) electrons. The Morgan fingerprint density at radius 1 is 0.912 bits per heavy atom. The van der Waals surface area contributed by atoms with Crippen molar-refractivity contribution in [2.24, 2.45) is 0 Å². The average Bonchev–Trinajstić information content (AvgIpc) is 2.85. The molecule has 9 heteroatoms. The minimum absolute atomic E-state index is 0.0590. The first kappa shape index (κ1) is 24.7. The minimum Gasteiger partial charge on any atom is -0.467 e. The number of hydrogen-bond acceptors (Lipinski definition) is 9. The van der Waals surface area contributed by atoms with Gasteiger partial charge >= 0.3 is 0 Å². The molecule has 3 aromatic rings. The molecule has 1 aromatic heterocycles. The number of anilines is 3. The third-order valence-electron chi connectivity index (χ3n) is 4.52. The van der Waals surface area contributed by atoms with Crippen molar-refractivity contribution in [1.29, 1.82) is 0 Å². The number of allylic oxidation sites excluding steroid dienone is 1. The number of hydrogen-bond donors (Lipinski definition) is 1. The van der Waals surface area contributed by atoms with Gasteiger partial charge in [-0.05, 0) is 35.9 Å². The van der Waals surface area contributed by atoms with Crippen molar-refractivity contribution in [2.75, 3.05) is 52.1 Å². The van der Waals surface area contributed by atoms with E-state index in [0.717, 1.165) is 16.9 Å². The molecule has 0 unspecified atom stereocenters. The van der Waals surface area contributed by atoms with Crippen LogP contribution in [0.2, 0.25) is 0 Å². The number of carbonyl (C=O) groups is 1. The van der Waals surface area contributed by atoms with Gasteiger partial charge in [-0.3, -0.25) is 4.79 Å². The SMILES string of the molecule is COCOc1cc(OCOC)cc(C(=O)/C=C/c2ccc(Nc3cnc(N(C)C)nc3)cc2)c1. The van der Waals surface area contributed by atoms with Gasteiger partial charge in [-0.2, -0.15) is 0 Å². The molecule has 178 valence electrons.